The molecule has 0 aliphatic heterocycles. The van der Waals surface area contributed by atoms with Gasteiger partial charge >= 0.3 is 0 Å². The van der Waals surface area contributed by atoms with Crippen LogP contribution < -0.4 is 9.73 Å². The van der Waals surface area contributed by atoms with Crippen LogP contribution in [0.25, 0.3) is 0 Å². The maximum Gasteiger partial charge on any atom is 0.264 e. The van der Waals surface area contributed by atoms with Crippen LogP contribution in [-0.4, -0.2) is 26.6 Å². The second-order valence-electron chi connectivity index (χ2n) is 7.53. The molecular weight excluding hydrogens is 422 g/mol. The third-order valence-corrected chi connectivity index (χ3v) is 7.30. The van der Waals surface area contributed by atoms with Crippen molar-refractivity contribution in [1.29, 1.82) is 0 Å². The molecule has 0 saturated heterocycles. The van der Waals surface area contributed by atoms with Gasteiger partial charge in [-0.25, -0.2) is 13.8 Å². The number of carbonyl (C=O) groups is 1. The molecular formula is C22H26ClN3O3S. The minimum Gasteiger partial charge on any atom is -0.271 e. The van der Waals surface area contributed by atoms with E-state index in [-0.39, 0.29) is 4.90 Å². The monoisotopic (exact) mass is 447 g/mol. The average Bonchev–Trinajstić information content (AvgIpc) is 2.73. The summed E-state index contributed by atoms with van der Waals surface area (Å²) in [7, 11) is -3.97. The van der Waals surface area contributed by atoms with Crippen LogP contribution >= 0.6 is 11.6 Å². The molecule has 1 amide bonds. The summed E-state index contributed by atoms with van der Waals surface area (Å²) in [5, 5.41) is 4.63. The summed E-state index contributed by atoms with van der Waals surface area (Å²) in [6.45, 7) is 3.32. The maximum atomic E-state index is 13.3. The number of aryl methyl sites for hydroxylation is 2. The normalized spacial score (nSPS) is 14.3. The number of sulfonamides is 1. The molecule has 1 aliphatic rings. The molecule has 160 valence electrons. The molecule has 0 unspecified atom stereocenters. The van der Waals surface area contributed by atoms with E-state index in [1.807, 2.05) is 13.8 Å². The molecule has 6 nitrogen and oxygen atoms in total. The Bertz CT molecular complexity index is 1040. The van der Waals surface area contributed by atoms with E-state index in [0.717, 1.165) is 46.8 Å². The Balaban J connectivity index is 1.90. The molecule has 0 spiro atoms. The molecule has 3 rings (SSSR count). The molecule has 1 saturated carbocycles. The van der Waals surface area contributed by atoms with Crippen molar-refractivity contribution in [2.75, 3.05) is 10.8 Å². The van der Waals surface area contributed by atoms with Gasteiger partial charge in [-0.2, -0.15) is 5.10 Å². The van der Waals surface area contributed by atoms with Gasteiger partial charge in [0.1, 0.15) is 6.54 Å². The van der Waals surface area contributed by atoms with E-state index in [4.69, 9.17) is 11.6 Å². The van der Waals surface area contributed by atoms with Crippen LogP contribution in [0.15, 0.2) is 52.5 Å². The lowest BCUT2D eigenvalue weighted by Crippen LogP contribution is -2.39. The van der Waals surface area contributed by atoms with Gasteiger partial charge in [0, 0.05) is 10.7 Å². The van der Waals surface area contributed by atoms with E-state index >= 15 is 0 Å². The van der Waals surface area contributed by atoms with Crippen LogP contribution in [0.3, 0.4) is 0 Å². The third-order valence-electron chi connectivity index (χ3n) is 5.11. The van der Waals surface area contributed by atoms with Crippen molar-refractivity contribution in [3.05, 3.63) is 58.6 Å². The minimum absolute atomic E-state index is 0.108. The first kappa shape index (κ1) is 22.3. The number of nitrogens with one attached hydrogen (secondary N) is 1. The Labute approximate surface area is 183 Å². The number of benzene rings is 2. The fourth-order valence-electron chi connectivity index (χ4n) is 3.27. The van der Waals surface area contributed by atoms with Gasteiger partial charge in [0.15, 0.2) is 0 Å². The van der Waals surface area contributed by atoms with Crippen LogP contribution in [-0.2, 0) is 14.8 Å². The summed E-state index contributed by atoms with van der Waals surface area (Å²) in [5.74, 6) is -0.500. The van der Waals surface area contributed by atoms with Gasteiger partial charge < -0.3 is 0 Å². The molecule has 2 aromatic carbocycles. The third kappa shape index (κ3) is 5.40. The highest BCUT2D eigenvalue weighted by Crippen LogP contribution is 2.28. The van der Waals surface area contributed by atoms with Crippen LogP contribution in [0.4, 0.5) is 5.69 Å². The maximum absolute atomic E-state index is 13.3. The number of hydrogen-bond acceptors (Lipinski definition) is 4. The quantitative estimate of drug-likeness (QED) is 0.658. The smallest absolute Gasteiger partial charge is 0.264 e. The molecule has 8 heteroatoms. The van der Waals surface area contributed by atoms with Gasteiger partial charge in [0.05, 0.1) is 10.6 Å². The highest BCUT2D eigenvalue weighted by atomic mass is 35.5. The SMILES string of the molecule is Cc1ccc(S(=O)(=O)N(CC(=O)NN=C2CCCCC2)c2ccc(C)c(Cl)c2)cc1. The van der Waals surface area contributed by atoms with Gasteiger partial charge in [0.25, 0.3) is 15.9 Å². The molecule has 1 N–H and O–H groups in total. The number of nitrogens with zero attached hydrogens (tertiary/aromatic N) is 2. The number of hydrogen-bond donors (Lipinski definition) is 1. The fraction of sp³-hybridized carbons (Fsp3) is 0.364. The number of anilines is 1. The predicted molar refractivity (Wildman–Crippen MR) is 121 cm³/mol. The summed E-state index contributed by atoms with van der Waals surface area (Å²) >= 11 is 6.23. The number of carbonyl (C=O) groups excluding carboxylic acids is 1. The summed E-state index contributed by atoms with van der Waals surface area (Å²) in [6.07, 6.45) is 5.01. The summed E-state index contributed by atoms with van der Waals surface area (Å²) in [4.78, 5) is 12.7. The molecule has 30 heavy (non-hydrogen) atoms. The second-order valence-corrected chi connectivity index (χ2v) is 9.80. The predicted octanol–water partition coefficient (Wildman–Crippen LogP) is 4.59. The second kappa shape index (κ2) is 9.62. The lowest BCUT2D eigenvalue weighted by Gasteiger charge is -2.24. The van der Waals surface area contributed by atoms with Crippen LogP contribution in [0.2, 0.25) is 5.02 Å². The Morgan fingerprint density at radius 3 is 2.37 bits per heavy atom. The van der Waals surface area contributed by atoms with Gasteiger partial charge in [-0.3, -0.25) is 9.10 Å². The van der Waals surface area contributed by atoms with Gasteiger partial charge in [-0.15, -0.1) is 0 Å². The fourth-order valence-corrected chi connectivity index (χ4v) is 4.86. The molecule has 0 bridgehead atoms. The lowest BCUT2D eigenvalue weighted by atomic mass is 9.99. The highest BCUT2D eigenvalue weighted by molar-refractivity contribution is 7.92. The number of rotatable bonds is 6. The highest BCUT2D eigenvalue weighted by Gasteiger charge is 2.27. The van der Waals surface area contributed by atoms with Crippen LogP contribution in [0, 0.1) is 13.8 Å². The molecule has 0 radical (unpaired) electrons. The first-order valence-corrected chi connectivity index (χ1v) is 11.8. The lowest BCUT2D eigenvalue weighted by molar-refractivity contribution is -0.119. The van der Waals surface area contributed by atoms with Crippen molar-refractivity contribution in [3.8, 4) is 0 Å². The molecule has 0 heterocycles. The number of halogens is 1. The molecule has 1 aliphatic carbocycles. The molecule has 1 fully saturated rings. The number of amides is 1. The van der Waals surface area contributed by atoms with E-state index in [9.17, 15) is 13.2 Å². The summed E-state index contributed by atoms with van der Waals surface area (Å²) < 4.78 is 27.8. The van der Waals surface area contributed by atoms with E-state index in [1.165, 1.54) is 18.6 Å². The van der Waals surface area contributed by atoms with E-state index in [0.29, 0.717) is 10.7 Å². The summed E-state index contributed by atoms with van der Waals surface area (Å²) in [6, 6.07) is 11.5. The van der Waals surface area contributed by atoms with E-state index < -0.39 is 22.5 Å². The average molecular weight is 448 g/mol. The van der Waals surface area contributed by atoms with Crippen molar-refractivity contribution in [1.82, 2.24) is 5.43 Å². The Morgan fingerprint density at radius 2 is 1.73 bits per heavy atom. The van der Waals surface area contributed by atoms with Gasteiger partial charge in [-0.1, -0.05) is 41.8 Å². The molecule has 2 aromatic rings. The zero-order chi connectivity index (χ0) is 21.7. The van der Waals surface area contributed by atoms with Crippen LogP contribution in [0.1, 0.15) is 43.2 Å². The van der Waals surface area contributed by atoms with Gasteiger partial charge in [-0.05, 0) is 69.4 Å². The van der Waals surface area contributed by atoms with Crippen molar-refractivity contribution in [2.24, 2.45) is 5.10 Å². The van der Waals surface area contributed by atoms with Crippen molar-refractivity contribution in [3.63, 3.8) is 0 Å². The van der Waals surface area contributed by atoms with E-state index in [1.54, 1.807) is 30.3 Å². The topological polar surface area (TPSA) is 78.8 Å². The zero-order valence-electron chi connectivity index (χ0n) is 17.2. The minimum atomic E-state index is -3.97. The van der Waals surface area contributed by atoms with Crippen LogP contribution in [0.5, 0.6) is 0 Å². The van der Waals surface area contributed by atoms with Crippen molar-refractivity contribution < 1.29 is 13.2 Å². The Morgan fingerprint density at radius 1 is 1.07 bits per heavy atom. The summed E-state index contributed by atoms with van der Waals surface area (Å²) in [5.41, 5.74) is 5.56. The van der Waals surface area contributed by atoms with Crippen molar-refractivity contribution in [2.45, 2.75) is 50.8 Å². The standard InChI is InChI=1S/C22H26ClN3O3S/c1-16-8-12-20(13-9-16)30(28,29)26(19-11-10-17(2)21(23)14-19)15-22(27)25-24-18-6-4-3-5-7-18/h8-14H,3-7,15H2,1-2H3,(H,25,27). The number of hydrazone groups is 1. The first-order valence-electron chi connectivity index (χ1n) is 9.97. The van der Waals surface area contributed by atoms with Crippen molar-refractivity contribution >= 4 is 38.9 Å². The van der Waals surface area contributed by atoms with E-state index in [2.05, 4.69) is 10.5 Å². The molecule has 0 atom stereocenters. The Kier molecular flexibility index (Phi) is 7.15. The zero-order valence-corrected chi connectivity index (χ0v) is 18.8. The first-order chi connectivity index (χ1) is 14.3. The van der Waals surface area contributed by atoms with Gasteiger partial charge in [0.2, 0.25) is 0 Å². The molecule has 0 aromatic heterocycles. The Hall–Kier alpha value is -2.38. The largest absolute Gasteiger partial charge is 0.271 e.